The Hall–Kier alpha value is -2.55. The van der Waals surface area contributed by atoms with Crippen LogP contribution >= 0.6 is 11.6 Å². The number of fused-ring (bicyclic) bond motifs is 1. The maximum Gasteiger partial charge on any atom is 0.490 e. The largest absolute Gasteiger partial charge is 0.490 e. The number of nitrogens with zero attached hydrogens (tertiary/aromatic N) is 1. The van der Waals surface area contributed by atoms with Crippen molar-refractivity contribution < 1.29 is 27.9 Å². The second-order valence-electron chi connectivity index (χ2n) is 5.86. The number of carbonyl (C=O) groups is 2. The van der Waals surface area contributed by atoms with Crippen LogP contribution in [0.4, 0.5) is 18.9 Å². The first-order valence-corrected chi connectivity index (χ1v) is 8.42. The maximum absolute atomic E-state index is 11.4. The van der Waals surface area contributed by atoms with Crippen molar-refractivity contribution in [1.29, 1.82) is 0 Å². The molecule has 0 spiro atoms. The van der Waals surface area contributed by atoms with Crippen molar-refractivity contribution in [3.8, 4) is 0 Å². The van der Waals surface area contributed by atoms with Crippen LogP contribution in [0.25, 0.3) is 10.9 Å². The Balaban J connectivity index is 0.000000321. The molecule has 1 saturated heterocycles. The van der Waals surface area contributed by atoms with Crippen LogP contribution in [0.5, 0.6) is 0 Å². The van der Waals surface area contributed by atoms with Gasteiger partial charge < -0.3 is 15.7 Å². The quantitative estimate of drug-likeness (QED) is 0.728. The van der Waals surface area contributed by atoms with Gasteiger partial charge >= 0.3 is 12.1 Å². The third-order valence-corrected chi connectivity index (χ3v) is 4.04. The zero-order valence-corrected chi connectivity index (χ0v) is 14.8. The van der Waals surface area contributed by atoms with E-state index in [1.165, 1.54) is 0 Å². The van der Waals surface area contributed by atoms with E-state index in [0.29, 0.717) is 11.4 Å². The molecule has 1 atom stereocenters. The maximum atomic E-state index is 11.4. The van der Waals surface area contributed by atoms with Crippen LogP contribution in [0.2, 0.25) is 5.02 Å². The molecule has 0 unspecified atom stereocenters. The summed E-state index contributed by atoms with van der Waals surface area (Å²) in [5.74, 6) is -2.61. The Labute approximate surface area is 157 Å². The van der Waals surface area contributed by atoms with Gasteiger partial charge in [0.25, 0.3) is 0 Å². The lowest BCUT2D eigenvalue weighted by Crippen LogP contribution is -2.42. The van der Waals surface area contributed by atoms with Gasteiger partial charge in [0.15, 0.2) is 0 Å². The first kappa shape index (κ1) is 20.8. The molecule has 1 fully saturated rings. The van der Waals surface area contributed by atoms with Crippen LogP contribution in [0.15, 0.2) is 30.5 Å². The number of hydrogen-bond acceptors (Lipinski definition) is 4. The highest BCUT2D eigenvalue weighted by Gasteiger charge is 2.38. The normalized spacial score (nSPS) is 16.9. The van der Waals surface area contributed by atoms with Gasteiger partial charge in [0.1, 0.15) is 0 Å². The number of rotatable bonds is 3. The monoisotopic (exact) mass is 403 g/mol. The molecule has 1 aromatic carbocycles. The van der Waals surface area contributed by atoms with E-state index in [-0.39, 0.29) is 11.9 Å². The van der Waals surface area contributed by atoms with Gasteiger partial charge in [-0.25, -0.2) is 4.79 Å². The van der Waals surface area contributed by atoms with E-state index in [1.807, 2.05) is 24.3 Å². The van der Waals surface area contributed by atoms with Crippen LogP contribution in [-0.4, -0.2) is 40.7 Å². The predicted molar refractivity (Wildman–Crippen MR) is 94.7 cm³/mol. The molecule has 1 aromatic heterocycles. The summed E-state index contributed by atoms with van der Waals surface area (Å²) in [6, 6.07) is 7.82. The Morgan fingerprint density at radius 2 is 2.07 bits per heavy atom. The van der Waals surface area contributed by atoms with E-state index >= 15 is 0 Å². The number of aliphatic carboxylic acids is 1. The topological polar surface area (TPSA) is 91.3 Å². The summed E-state index contributed by atoms with van der Waals surface area (Å²) in [6.07, 6.45) is -0.688. The summed E-state index contributed by atoms with van der Waals surface area (Å²) in [5.41, 5.74) is 1.89. The highest BCUT2D eigenvalue weighted by molar-refractivity contribution is 6.31. The Morgan fingerprint density at radius 1 is 1.37 bits per heavy atom. The standard InChI is InChI=1S/C15H16ClN3O.C2HF3O2/c16-10-4-5-12-13(6-7-17-14(12)8-10)18-9-11-2-1-3-15(20)19-11;3-2(4,5)1(6)7/h4-8,11H,1-3,9H2,(H,17,18)(H,19,20);(H,6,7)/t11-;/m1./s1. The van der Waals surface area contributed by atoms with Crippen molar-refractivity contribution in [2.45, 2.75) is 31.5 Å². The first-order valence-electron chi connectivity index (χ1n) is 8.04. The van der Waals surface area contributed by atoms with Gasteiger partial charge in [0.05, 0.1) is 5.52 Å². The van der Waals surface area contributed by atoms with Crippen molar-refractivity contribution in [1.82, 2.24) is 10.3 Å². The summed E-state index contributed by atoms with van der Waals surface area (Å²) in [7, 11) is 0. The molecule has 146 valence electrons. The second-order valence-corrected chi connectivity index (χ2v) is 6.30. The van der Waals surface area contributed by atoms with Gasteiger partial charge in [-0.3, -0.25) is 9.78 Å². The SMILES string of the molecule is O=C(O)C(F)(F)F.O=C1CCC[C@H](CNc2ccnc3cc(Cl)ccc23)N1. The number of piperidine rings is 1. The Bertz CT molecular complexity index is 830. The van der Waals surface area contributed by atoms with Crippen LogP contribution in [0.3, 0.4) is 0 Å². The number of benzene rings is 1. The molecule has 2 heterocycles. The van der Waals surface area contributed by atoms with E-state index in [0.717, 1.165) is 36.0 Å². The minimum absolute atomic E-state index is 0.148. The average molecular weight is 404 g/mol. The minimum Gasteiger partial charge on any atom is -0.475 e. The van der Waals surface area contributed by atoms with Crippen LogP contribution in [0.1, 0.15) is 19.3 Å². The summed E-state index contributed by atoms with van der Waals surface area (Å²) >= 11 is 5.98. The molecule has 1 amide bonds. The van der Waals surface area contributed by atoms with Crippen LogP contribution < -0.4 is 10.6 Å². The van der Waals surface area contributed by atoms with E-state index in [1.54, 1.807) is 6.20 Å². The lowest BCUT2D eigenvalue weighted by molar-refractivity contribution is -0.192. The molecule has 1 aliphatic heterocycles. The van der Waals surface area contributed by atoms with Crippen molar-refractivity contribution in [2.24, 2.45) is 0 Å². The number of nitrogens with one attached hydrogen (secondary N) is 2. The fraction of sp³-hybridized carbons (Fsp3) is 0.353. The van der Waals surface area contributed by atoms with Gasteiger partial charge in [-0.1, -0.05) is 11.6 Å². The molecule has 27 heavy (non-hydrogen) atoms. The van der Waals surface area contributed by atoms with E-state index in [4.69, 9.17) is 21.5 Å². The smallest absolute Gasteiger partial charge is 0.475 e. The second kappa shape index (κ2) is 8.90. The zero-order valence-electron chi connectivity index (χ0n) is 14.0. The number of aromatic nitrogens is 1. The highest BCUT2D eigenvalue weighted by atomic mass is 35.5. The molecule has 2 aromatic rings. The number of halogens is 4. The number of carboxylic acid groups (broad SMARTS) is 1. The number of alkyl halides is 3. The highest BCUT2D eigenvalue weighted by Crippen LogP contribution is 2.24. The molecule has 6 nitrogen and oxygen atoms in total. The van der Waals surface area contributed by atoms with Gasteiger partial charge in [-0.15, -0.1) is 0 Å². The number of hydrogen-bond donors (Lipinski definition) is 3. The number of amides is 1. The molecule has 0 saturated carbocycles. The molecule has 1 aliphatic rings. The minimum atomic E-state index is -5.08. The summed E-state index contributed by atoms with van der Waals surface area (Å²) in [6.45, 7) is 0.730. The van der Waals surface area contributed by atoms with Crippen molar-refractivity contribution in [2.75, 3.05) is 11.9 Å². The molecule has 0 aliphatic carbocycles. The summed E-state index contributed by atoms with van der Waals surface area (Å²) in [5, 5.41) is 15.3. The van der Waals surface area contributed by atoms with Gasteiger partial charge in [0, 0.05) is 41.3 Å². The van der Waals surface area contributed by atoms with Crippen molar-refractivity contribution >= 4 is 40.1 Å². The fourth-order valence-corrected chi connectivity index (χ4v) is 2.71. The third kappa shape index (κ3) is 6.28. The number of pyridine rings is 1. The molecule has 0 radical (unpaired) electrons. The zero-order chi connectivity index (χ0) is 20.0. The molecular weight excluding hydrogens is 387 g/mol. The lowest BCUT2D eigenvalue weighted by atomic mass is 10.0. The Morgan fingerprint density at radius 3 is 2.70 bits per heavy atom. The number of carbonyl (C=O) groups excluding carboxylic acids is 1. The first-order chi connectivity index (χ1) is 12.7. The average Bonchev–Trinajstić information content (AvgIpc) is 2.59. The summed E-state index contributed by atoms with van der Waals surface area (Å²) in [4.78, 5) is 24.6. The third-order valence-electron chi connectivity index (χ3n) is 3.81. The number of carboxylic acids is 1. The lowest BCUT2D eigenvalue weighted by Gasteiger charge is -2.24. The molecule has 0 bridgehead atoms. The van der Waals surface area contributed by atoms with Crippen molar-refractivity contribution in [3.05, 3.63) is 35.5 Å². The molecule has 10 heteroatoms. The van der Waals surface area contributed by atoms with Gasteiger partial charge in [-0.05, 0) is 37.1 Å². The van der Waals surface area contributed by atoms with E-state index < -0.39 is 12.1 Å². The molecular formula is C17H17ClF3N3O3. The number of anilines is 1. The van der Waals surface area contributed by atoms with E-state index in [2.05, 4.69) is 15.6 Å². The van der Waals surface area contributed by atoms with Gasteiger partial charge in [-0.2, -0.15) is 13.2 Å². The van der Waals surface area contributed by atoms with Gasteiger partial charge in [0.2, 0.25) is 5.91 Å². The van der Waals surface area contributed by atoms with Crippen molar-refractivity contribution in [3.63, 3.8) is 0 Å². The Kier molecular flexibility index (Phi) is 6.84. The van der Waals surface area contributed by atoms with Crippen LogP contribution in [0, 0.1) is 0 Å². The van der Waals surface area contributed by atoms with E-state index in [9.17, 15) is 18.0 Å². The van der Waals surface area contributed by atoms with Crippen LogP contribution in [-0.2, 0) is 9.59 Å². The summed E-state index contributed by atoms with van der Waals surface area (Å²) < 4.78 is 31.7. The molecule has 3 N–H and O–H groups in total. The predicted octanol–water partition coefficient (Wildman–Crippen LogP) is 3.60. The fourth-order valence-electron chi connectivity index (χ4n) is 2.54. The molecule has 3 rings (SSSR count).